The predicted molar refractivity (Wildman–Crippen MR) is 71.4 cm³/mol. The van der Waals surface area contributed by atoms with Crippen molar-refractivity contribution in [2.24, 2.45) is 0 Å². The Morgan fingerprint density at radius 2 is 2.25 bits per heavy atom. The first-order chi connectivity index (χ1) is 7.38. The molecule has 1 aromatic carbocycles. The smallest absolute Gasteiger partial charge is 0.119 e. The van der Waals surface area contributed by atoms with Gasteiger partial charge in [0.05, 0.1) is 7.11 Å². The summed E-state index contributed by atoms with van der Waals surface area (Å²) in [4.78, 5) is 3.50. The number of hydrogen-bond donors (Lipinski definition) is 1. The first kappa shape index (κ1) is 11.4. The molecule has 1 N–H and O–H groups in total. The Balaban J connectivity index is 0.000000963. The minimum absolute atomic E-state index is 0. The standard InChI is InChI=1S/C12H13NOS.CH4/c1-14-8-2-3-11-9(6-8)10-7-15-5-4-12(10)13-11;/h2-3,6,13H,4-5,7H2,1H3;1H4. The highest BCUT2D eigenvalue weighted by atomic mass is 32.2. The summed E-state index contributed by atoms with van der Waals surface area (Å²) in [5.41, 5.74) is 4.13. The molecule has 1 aliphatic rings. The average Bonchev–Trinajstić information content (AvgIpc) is 2.66. The lowest BCUT2D eigenvalue weighted by Gasteiger charge is -2.10. The van der Waals surface area contributed by atoms with E-state index in [-0.39, 0.29) is 7.43 Å². The zero-order valence-electron chi connectivity index (χ0n) is 8.67. The Kier molecular flexibility index (Phi) is 3.15. The van der Waals surface area contributed by atoms with Gasteiger partial charge in [-0.05, 0) is 35.9 Å². The van der Waals surface area contributed by atoms with Crippen molar-refractivity contribution < 1.29 is 4.74 Å². The van der Waals surface area contributed by atoms with E-state index in [9.17, 15) is 0 Å². The number of aromatic amines is 1. The summed E-state index contributed by atoms with van der Waals surface area (Å²) in [6, 6.07) is 6.26. The fourth-order valence-corrected chi connectivity index (χ4v) is 3.16. The van der Waals surface area contributed by atoms with Gasteiger partial charge in [0.25, 0.3) is 0 Å². The lowest BCUT2D eigenvalue weighted by atomic mass is 10.1. The number of methoxy groups -OCH3 is 1. The Labute approximate surface area is 100 Å². The largest absolute Gasteiger partial charge is 0.497 e. The van der Waals surface area contributed by atoms with Crippen molar-refractivity contribution >= 4 is 22.7 Å². The van der Waals surface area contributed by atoms with Crippen LogP contribution in [0, 0.1) is 0 Å². The summed E-state index contributed by atoms with van der Waals surface area (Å²) >= 11 is 2.01. The summed E-state index contributed by atoms with van der Waals surface area (Å²) in [6.45, 7) is 0. The van der Waals surface area contributed by atoms with Gasteiger partial charge in [-0.3, -0.25) is 0 Å². The highest BCUT2D eigenvalue weighted by Gasteiger charge is 2.15. The third-order valence-corrected chi connectivity index (χ3v) is 3.93. The molecule has 0 atom stereocenters. The molecular weight excluding hydrogens is 218 g/mol. The van der Waals surface area contributed by atoms with E-state index in [1.165, 1.54) is 27.9 Å². The molecule has 0 fully saturated rings. The Bertz CT molecular complexity index is 504. The van der Waals surface area contributed by atoms with Crippen molar-refractivity contribution in [2.75, 3.05) is 12.9 Å². The highest BCUT2D eigenvalue weighted by Crippen LogP contribution is 2.33. The highest BCUT2D eigenvalue weighted by molar-refractivity contribution is 7.98. The molecule has 2 aromatic rings. The molecule has 0 aliphatic carbocycles. The monoisotopic (exact) mass is 235 g/mol. The van der Waals surface area contributed by atoms with Gasteiger partial charge in [-0.1, -0.05) is 7.43 Å². The van der Waals surface area contributed by atoms with Crippen LogP contribution in [0.5, 0.6) is 5.75 Å². The van der Waals surface area contributed by atoms with Gasteiger partial charge in [0.15, 0.2) is 0 Å². The van der Waals surface area contributed by atoms with Gasteiger partial charge in [0.1, 0.15) is 5.75 Å². The molecule has 86 valence electrons. The van der Waals surface area contributed by atoms with Crippen LogP contribution in [0.15, 0.2) is 18.2 Å². The third kappa shape index (κ3) is 1.69. The fraction of sp³-hybridized carbons (Fsp3) is 0.385. The van der Waals surface area contributed by atoms with Gasteiger partial charge >= 0.3 is 0 Å². The maximum absolute atomic E-state index is 5.26. The number of thioether (sulfide) groups is 1. The lowest BCUT2D eigenvalue weighted by Crippen LogP contribution is -1.99. The molecule has 0 radical (unpaired) electrons. The van der Waals surface area contributed by atoms with Crippen LogP contribution in [0.1, 0.15) is 18.7 Å². The first-order valence-electron chi connectivity index (χ1n) is 5.13. The van der Waals surface area contributed by atoms with Gasteiger partial charge in [0, 0.05) is 22.3 Å². The number of fused-ring (bicyclic) bond motifs is 3. The number of ether oxygens (including phenoxy) is 1. The van der Waals surface area contributed by atoms with Crippen LogP contribution in [0.2, 0.25) is 0 Å². The molecule has 16 heavy (non-hydrogen) atoms. The summed E-state index contributed by atoms with van der Waals surface area (Å²) < 4.78 is 5.26. The molecule has 1 aromatic heterocycles. The van der Waals surface area contributed by atoms with E-state index in [1.54, 1.807) is 7.11 Å². The molecule has 0 unspecified atom stereocenters. The van der Waals surface area contributed by atoms with Crippen LogP contribution < -0.4 is 4.74 Å². The Hall–Kier alpha value is -1.09. The van der Waals surface area contributed by atoms with Crippen LogP contribution in [-0.2, 0) is 12.2 Å². The average molecular weight is 235 g/mol. The van der Waals surface area contributed by atoms with Crippen LogP contribution in [0.3, 0.4) is 0 Å². The second-order valence-electron chi connectivity index (χ2n) is 3.80. The SMILES string of the molecule is C.COc1ccc2[nH]c3c(c2c1)CSCC3. The molecule has 0 saturated heterocycles. The molecule has 3 rings (SSSR count). The van der Waals surface area contributed by atoms with E-state index in [4.69, 9.17) is 4.74 Å². The van der Waals surface area contributed by atoms with Crippen LogP contribution >= 0.6 is 11.8 Å². The number of nitrogens with one attached hydrogen (secondary N) is 1. The van der Waals surface area contributed by atoms with Gasteiger partial charge in [-0.25, -0.2) is 0 Å². The second-order valence-corrected chi connectivity index (χ2v) is 4.90. The minimum Gasteiger partial charge on any atom is -0.497 e. The third-order valence-electron chi connectivity index (χ3n) is 2.94. The number of aryl methyl sites for hydroxylation is 1. The zero-order chi connectivity index (χ0) is 10.3. The summed E-state index contributed by atoms with van der Waals surface area (Å²) in [7, 11) is 1.72. The van der Waals surface area contributed by atoms with E-state index in [1.807, 2.05) is 17.8 Å². The molecule has 1 aliphatic heterocycles. The van der Waals surface area contributed by atoms with Gasteiger partial charge in [0.2, 0.25) is 0 Å². The molecule has 0 saturated carbocycles. The topological polar surface area (TPSA) is 25.0 Å². The number of aromatic nitrogens is 1. The summed E-state index contributed by atoms with van der Waals surface area (Å²) in [5.74, 6) is 3.30. The zero-order valence-corrected chi connectivity index (χ0v) is 9.49. The Morgan fingerprint density at radius 1 is 1.38 bits per heavy atom. The fourth-order valence-electron chi connectivity index (χ4n) is 2.14. The van der Waals surface area contributed by atoms with Crippen molar-refractivity contribution in [1.29, 1.82) is 0 Å². The maximum atomic E-state index is 5.26. The normalized spacial score (nSPS) is 14.3. The summed E-state index contributed by atoms with van der Waals surface area (Å²) in [5, 5.41) is 1.33. The molecule has 3 heteroatoms. The molecule has 0 amide bonds. The van der Waals surface area contributed by atoms with Gasteiger partial charge in [-0.15, -0.1) is 0 Å². The van der Waals surface area contributed by atoms with E-state index in [0.717, 1.165) is 17.9 Å². The van der Waals surface area contributed by atoms with Crippen LogP contribution in [0.25, 0.3) is 10.9 Å². The maximum Gasteiger partial charge on any atom is 0.119 e. The van der Waals surface area contributed by atoms with Crippen molar-refractivity contribution in [3.05, 3.63) is 29.5 Å². The first-order valence-corrected chi connectivity index (χ1v) is 6.29. The quantitative estimate of drug-likeness (QED) is 0.817. The molecule has 2 nitrogen and oxygen atoms in total. The minimum atomic E-state index is 0. The number of rotatable bonds is 1. The van der Waals surface area contributed by atoms with Gasteiger partial charge < -0.3 is 9.72 Å². The lowest BCUT2D eigenvalue weighted by molar-refractivity contribution is 0.415. The van der Waals surface area contributed by atoms with Crippen molar-refractivity contribution in [1.82, 2.24) is 4.98 Å². The van der Waals surface area contributed by atoms with E-state index >= 15 is 0 Å². The molecule has 0 spiro atoms. The Morgan fingerprint density at radius 3 is 3.06 bits per heavy atom. The number of H-pyrrole nitrogens is 1. The van der Waals surface area contributed by atoms with Crippen LogP contribution in [0.4, 0.5) is 0 Å². The van der Waals surface area contributed by atoms with Crippen molar-refractivity contribution in [3.63, 3.8) is 0 Å². The molecule has 0 bridgehead atoms. The van der Waals surface area contributed by atoms with Crippen molar-refractivity contribution in [2.45, 2.75) is 19.6 Å². The van der Waals surface area contributed by atoms with E-state index < -0.39 is 0 Å². The van der Waals surface area contributed by atoms with Gasteiger partial charge in [-0.2, -0.15) is 11.8 Å². The number of benzene rings is 1. The van der Waals surface area contributed by atoms with E-state index in [0.29, 0.717) is 0 Å². The van der Waals surface area contributed by atoms with E-state index in [2.05, 4.69) is 17.1 Å². The van der Waals surface area contributed by atoms with Crippen LogP contribution in [-0.4, -0.2) is 17.8 Å². The number of hydrogen-bond acceptors (Lipinski definition) is 2. The van der Waals surface area contributed by atoms with Crippen molar-refractivity contribution in [3.8, 4) is 5.75 Å². The molecular formula is C13H17NOS. The molecule has 2 heterocycles. The summed E-state index contributed by atoms with van der Waals surface area (Å²) in [6.07, 6.45) is 1.16. The predicted octanol–water partition coefficient (Wildman–Crippen LogP) is 3.60. The second kappa shape index (κ2) is 4.42.